The van der Waals surface area contributed by atoms with Crippen LogP contribution in [-0.4, -0.2) is 20.9 Å². The van der Waals surface area contributed by atoms with Gasteiger partial charge in [0.15, 0.2) is 4.51 Å². The number of carbonyl (C=O) groups is 1. The first-order valence-corrected chi connectivity index (χ1v) is 6.13. The van der Waals surface area contributed by atoms with Crippen LogP contribution >= 0.6 is 31.9 Å². The van der Waals surface area contributed by atoms with Crippen molar-refractivity contribution in [2.75, 3.05) is 5.33 Å². The molecule has 15 heavy (non-hydrogen) atoms. The Bertz CT molecular complexity index is 363. The minimum Gasteiger partial charge on any atom is -0.478 e. The minimum absolute atomic E-state index is 0.213. The molecule has 0 aliphatic rings. The summed E-state index contributed by atoms with van der Waals surface area (Å²) < 4.78 is 5.01. The molecule has 0 saturated heterocycles. The molecule has 3 nitrogen and oxygen atoms in total. The Hall–Kier alpha value is -0.550. The van der Waals surface area contributed by atoms with Crippen molar-refractivity contribution in [3.05, 3.63) is 29.8 Å². The van der Waals surface area contributed by atoms with Crippen molar-refractivity contribution in [2.24, 2.45) is 0 Å². The summed E-state index contributed by atoms with van der Waals surface area (Å²) in [6.07, 6.45) is 0. The summed E-state index contributed by atoms with van der Waals surface area (Å²) >= 11 is 6.65. The van der Waals surface area contributed by atoms with E-state index >= 15 is 0 Å². The Morgan fingerprint density at radius 3 is 2.80 bits per heavy atom. The number of benzene rings is 1. The van der Waals surface area contributed by atoms with Crippen molar-refractivity contribution in [1.82, 2.24) is 0 Å². The molecule has 1 aromatic carbocycles. The molecule has 0 fully saturated rings. The number of aromatic carboxylic acids is 1. The number of ether oxygens (including phenoxy) is 1. The third-order valence-electron chi connectivity index (χ3n) is 1.65. The van der Waals surface area contributed by atoms with Gasteiger partial charge < -0.3 is 9.84 Å². The molecule has 0 aliphatic carbocycles. The van der Waals surface area contributed by atoms with Crippen LogP contribution in [-0.2, 0) is 0 Å². The van der Waals surface area contributed by atoms with Crippen LogP contribution in [0.1, 0.15) is 17.3 Å². The Balaban J connectivity index is 2.87. The lowest BCUT2D eigenvalue weighted by Gasteiger charge is -2.21. The lowest BCUT2D eigenvalue weighted by Crippen LogP contribution is -2.25. The van der Waals surface area contributed by atoms with Gasteiger partial charge in [0.1, 0.15) is 5.75 Å². The number of alkyl halides is 2. The highest BCUT2D eigenvalue weighted by Crippen LogP contribution is 2.26. The number of hydrogen-bond donors (Lipinski definition) is 1. The molecular weight excluding hydrogens is 328 g/mol. The van der Waals surface area contributed by atoms with Gasteiger partial charge in [-0.15, -0.1) is 0 Å². The van der Waals surface area contributed by atoms with Crippen molar-refractivity contribution >= 4 is 37.8 Å². The van der Waals surface area contributed by atoms with E-state index < -0.39 is 10.5 Å². The van der Waals surface area contributed by atoms with Crippen LogP contribution in [0.4, 0.5) is 0 Å². The molecule has 1 unspecified atom stereocenters. The van der Waals surface area contributed by atoms with Crippen molar-refractivity contribution < 1.29 is 14.6 Å². The molecule has 1 N–H and O–H groups in total. The Morgan fingerprint density at radius 2 is 2.27 bits per heavy atom. The molecule has 1 aromatic rings. The second kappa shape index (κ2) is 4.99. The van der Waals surface area contributed by atoms with Gasteiger partial charge >= 0.3 is 5.97 Å². The fourth-order valence-corrected chi connectivity index (χ4v) is 1.27. The van der Waals surface area contributed by atoms with Gasteiger partial charge in [-0.05, 0) is 41.1 Å². The van der Waals surface area contributed by atoms with Gasteiger partial charge in [-0.25, -0.2) is 4.79 Å². The fraction of sp³-hybridized carbons (Fsp3) is 0.300. The van der Waals surface area contributed by atoms with E-state index in [4.69, 9.17) is 9.84 Å². The third kappa shape index (κ3) is 3.83. The summed E-state index contributed by atoms with van der Waals surface area (Å²) in [5, 5.41) is 9.38. The number of carboxylic acid groups (broad SMARTS) is 1. The molecule has 1 atom stereocenters. The van der Waals surface area contributed by atoms with Crippen molar-refractivity contribution in [3.8, 4) is 5.75 Å². The Labute approximate surface area is 105 Å². The van der Waals surface area contributed by atoms with Crippen LogP contribution < -0.4 is 4.74 Å². The zero-order valence-corrected chi connectivity index (χ0v) is 11.2. The quantitative estimate of drug-likeness (QED) is 0.858. The number of rotatable bonds is 4. The van der Waals surface area contributed by atoms with E-state index in [1.54, 1.807) is 12.1 Å². The molecule has 0 heterocycles. The average Bonchev–Trinajstić information content (AvgIpc) is 2.17. The molecule has 0 spiro atoms. The highest BCUT2D eigenvalue weighted by molar-refractivity contribution is 9.12. The highest BCUT2D eigenvalue weighted by Gasteiger charge is 2.20. The predicted molar refractivity (Wildman–Crippen MR) is 65.2 cm³/mol. The van der Waals surface area contributed by atoms with Crippen LogP contribution in [0, 0.1) is 0 Å². The number of carboxylic acids is 1. The maximum Gasteiger partial charge on any atom is 0.335 e. The van der Waals surface area contributed by atoms with E-state index in [0.717, 1.165) is 0 Å². The lowest BCUT2D eigenvalue weighted by molar-refractivity contribution is 0.0696. The maximum atomic E-state index is 10.7. The SMILES string of the molecule is CC(Br)(CBr)Oc1cccc(C(=O)O)c1. The highest BCUT2D eigenvalue weighted by atomic mass is 79.9. The predicted octanol–water partition coefficient (Wildman–Crippen LogP) is 3.27. The van der Waals surface area contributed by atoms with Gasteiger partial charge in [-0.3, -0.25) is 0 Å². The zero-order chi connectivity index (χ0) is 11.5. The Morgan fingerprint density at radius 1 is 1.60 bits per heavy atom. The smallest absolute Gasteiger partial charge is 0.335 e. The first-order chi connectivity index (χ1) is 6.94. The summed E-state index contributed by atoms with van der Waals surface area (Å²) in [5.41, 5.74) is 0.213. The van der Waals surface area contributed by atoms with Crippen molar-refractivity contribution in [1.29, 1.82) is 0 Å². The van der Waals surface area contributed by atoms with Gasteiger partial charge in [0.2, 0.25) is 0 Å². The summed E-state index contributed by atoms with van der Waals surface area (Å²) in [4.78, 5) is 10.7. The van der Waals surface area contributed by atoms with Gasteiger partial charge in [-0.1, -0.05) is 22.0 Å². The van der Waals surface area contributed by atoms with Crippen LogP contribution in [0.2, 0.25) is 0 Å². The number of hydrogen-bond acceptors (Lipinski definition) is 2. The molecule has 0 saturated carbocycles. The average molecular weight is 338 g/mol. The molecule has 82 valence electrons. The molecule has 0 amide bonds. The topological polar surface area (TPSA) is 46.5 Å². The standard InChI is InChI=1S/C10H10Br2O3/c1-10(12,6-11)15-8-4-2-3-7(5-8)9(13)14/h2-5H,6H2,1H3,(H,13,14). The van der Waals surface area contributed by atoms with Crippen LogP contribution in [0.15, 0.2) is 24.3 Å². The molecule has 0 aromatic heterocycles. The fourth-order valence-electron chi connectivity index (χ4n) is 0.966. The van der Waals surface area contributed by atoms with E-state index in [0.29, 0.717) is 11.1 Å². The molecule has 0 radical (unpaired) electrons. The molecule has 1 rings (SSSR count). The van der Waals surface area contributed by atoms with E-state index in [1.807, 2.05) is 6.92 Å². The first kappa shape index (κ1) is 12.5. The summed E-state index contributed by atoms with van der Waals surface area (Å²) in [6.45, 7) is 1.84. The Kier molecular flexibility index (Phi) is 4.16. The monoisotopic (exact) mass is 336 g/mol. The number of halogens is 2. The second-order valence-electron chi connectivity index (χ2n) is 3.17. The van der Waals surface area contributed by atoms with E-state index in [9.17, 15) is 4.79 Å². The van der Waals surface area contributed by atoms with E-state index in [-0.39, 0.29) is 5.56 Å². The summed E-state index contributed by atoms with van der Waals surface area (Å²) in [7, 11) is 0. The zero-order valence-electron chi connectivity index (χ0n) is 8.04. The normalized spacial score (nSPS) is 14.3. The van der Waals surface area contributed by atoms with Crippen molar-refractivity contribution in [3.63, 3.8) is 0 Å². The minimum atomic E-state index is -0.962. The molecule has 0 bridgehead atoms. The van der Waals surface area contributed by atoms with Gasteiger partial charge in [-0.2, -0.15) is 0 Å². The van der Waals surface area contributed by atoms with Crippen molar-refractivity contribution in [2.45, 2.75) is 11.4 Å². The second-order valence-corrected chi connectivity index (χ2v) is 5.41. The first-order valence-electron chi connectivity index (χ1n) is 4.22. The van der Waals surface area contributed by atoms with Crippen LogP contribution in [0.3, 0.4) is 0 Å². The molecule has 0 aliphatic heterocycles. The van der Waals surface area contributed by atoms with E-state index in [2.05, 4.69) is 31.9 Å². The summed E-state index contributed by atoms with van der Waals surface area (Å²) in [6, 6.07) is 6.38. The lowest BCUT2D eigenvalue weighted by atomic mass is 10.2. The van der Waals surface area contributed by atoms with Gasteiger partial charge in [0, 0.05) is 0 Å². The van der Waals surface area contributed by atoms with Gasteiger partial charge in [0.05, 0.1) is 10.9 Å². The maximum absolute atomic E-state index is 10.7. The molecular formula is C10H10Br2O3. The van der Waals surface area contributed by atoms with E-state index in [1.165, 1.54) is 12.1 Å². The van der Waals surface area contributed by atoms with Gasteiger partial charge in [0.25, 0.3) is 0 Å². The largest absolute Gasteiger partial charge is 0.478 e. The van der Waals surface area contributed by atoms with Crippen LogP contribution in [0.5, 0.6) is 5.75 Å². The summed E-state index contributed by atoms with van der Waals surface area (Å²) in [5.74, 6) is -0.440. The molecule has 5 heteroatoms. The van der Waals surface area contributed by atoms with Crippen LogP contribution in [0.25, 0.3) is 0 Å². The third-order valence-corrected chi connectivity index (χ3v) is 3.92.